The van der Waals surface area contributed by atoms with Gasteiger partial charge in [-0.3, -0.25) is 9.59 Å². The Morgan fingerprint density at radius 1 is 1.00 bits per heavy atom. The van der Waals surface area contributed by atoms with Crippen LogP contribution in [-0.4, -0.2) is 62.3 Å². The number of rotatable bonds is 5. The minimum atomic E-state index is -3.60. The highest BCUT2D eigenvalue weighted by atomic mass is 32.2. The van der Waals surface area contributed by atoms with Crippen molar-refractivity contribution in [3.05, 3.63) is 29.3 Å². The molecule has 0 spiro atoms. The quantitative estimate of drug-likeness (QED) is 0.805. The molecule has 4 rings (SSSR count). The average molecular weight is 406 g/mol. The lowest BCUT2D eigenvalue weighted by molar-refractivity contribution is -0.139. The van der Waals surface area contributed by atoms with Crippen LogP contribution < -0.4 is 4.72 Å². The van der Waals surface area contributed by atoms with Crippen LogP contribution >= 0.6 is 0 Å². The molecule has 1 aromatic carbocycles. The van der Waals surface area contributed by atoms with Gasteiger partial charge in [-0.25, -0.2) is 13.1 Å². The molecule has 0 atom stereocenters. The normalized spacial score (nSPS) is 20.8. The van der Waals surface area contributed by atoms with E-state index >= 15 is 0 Å². The molecule has 1 saturated heterocycles. The molecule has 152 valence electrons. The first-order valence-electron chi connectivity index (χ1n) is 10.1. The Morgan fingerprint density at radius 3 is 2.21 bits per heavy atom. The molecule has 1 aliphatic heterocycles. The largest absolute Gasteiger partial charge is 0.339 e. The molecular formula is C20H27N3O4S. The van der Waals surface area contributed by atoms with Gasteiger partial charge in [-0.15, -0.1) is 0 Å². The molecule has 1 heterocycles. The van der Waals surface area contributed by atoms with Crippen molar-refractivity contribution in [1.82, 2.24) is 14.5 Å². The number of piperazine rings is 1. The lowest BCUT2D eigenvalue weighted by Crippen LogP contribution is -2.52. The Labute approximate surface area is 166 Å². The Balaban J connectivity index is 1.44. The van der Waals surface area contributed by atoms with E-state index in [1.165, 1.54) is 6.07 Å². The van der Waals surface area contributed by atoms with Crippen LogP contribution in [0.2, 0.25) is 0 Å². The number of amides is 2. The highest BCUT2D eigenvalue weighted by Gasteiger charge is 2.33. The van der Waals surface area contributed by atoms with Crippen molar-refractivity contribution in [2.45, 2.75) is 50.0 Å². The molecule has 0 radical (unpaired) electrons. The van der Waals surface area contributed by atoms with Gasteiger partial charge in [0.05, 0.1) is 4.90 Å². The third kappa shape index (κ3) is 3.93. The van der Waals surface area contributed by atoms with Gasteiger partial charge in [0.2, 0.25) is 15.9 Å². The summed E-state index contributed by atoms with van der Waals surface area (Å²) in [5.41, 5.74) is 1.17. The molecule has 7 nitrogen and oxygen atoms in total. The number of benzene rings is 1. The Morgan fingerprint density at radius 2 is 1.64 bits per heavy atom. The summed E-state index contributed by atoms with van der Waals surface area (Å²) in [6.07, 6.45) is 4.81. The first-order valence-corrected chi connectivity index (χ1v) is 11.5. The van der Waals surface area contributed by atoms with Crippen molar-refractivity contribution in [2.75, 3.05) is 26.2 Å². The van der Waals surface area contributed by atoms with Crippen LogP contribution in [0.3, 0.4) is 0 Å². The van der Waals surface area contributed by atoms with Crippen molar-refractivity contribution in [3.63, 3.8) is 0 Å². The fraction of sp³-hybridized carbons (Fsp3) is 0.600. The number of nitrogens with zero attached hydrogens (tertiary/aromatic N) is 2. The molecule has 1 aromatic rings. The fourth-order valence-corrected chi connectivity index (χ4v) is 5.03. The second-order valence-electron chi connectivity index (χ2n) is 8.12. The van der Waals surface area contributed by atoms with Crippen molar-refractivity contribution in [3.8, 4) is 0 Å². The van der Waals surface area contributed by atoms with E-state index in [4.69, 9.17) is 0 Å². The zero-order valence-corrected chi connectivity index (χ0v) is 17.0. The minimum Gasteiger partial charge on any atom is -0.339 e. The molecule has 0 unspecified atom stereocenters. The van der Waals surface area contributed by atoms with Crippen LogP contribution in [-0.2, 0) is 14.8 Å². The van der Waals surface area contributed by atoms with Crippen LogP contribution in [0.15, 0.2) is 23.1 Å². The third-order valence-corrected chi connectivity index (χ3v) is 7.50. The second-order valence-corrected chi connectivity index (χ2v) is 9.83. The Bertz CT molecular complexity index is 883. The second kappa shape index (κ2) is 7.48. The van der Waals surface area contributed by atoms with Crippen molar-refractivity contribution in [1.29, 1.82) is 0 Å². The lowest BCUT2D eigenvalue weighted by Gasteiger charge is -2.38. The van der Waals surface area contributed by atoms with E-state index in [1.807, 2.05) is 11.8 Å². The van der Waals surface area contributed by atoms with Crippen molar-refractivity contribution < 1.29 is 18.0 Å². The van der Waals surface area contributed by atoms with Gasteiger partial charge in [-0.05, 0) is 50.3 Å². The summed E-state index contributed by atoms with van der Waals surface area (Å²) in [7, 11) is -3.60. The van der Waals surface area contributed by atoms with Crippen LogP contribution in [0.1, 0.15) is 48.0 Å². The highest BCUT2D eigenvalue weighted by molar-refractivity contribution is 7.89. The van der Waals surface area contributed by atoms with E-state index in [0.717, 1.165) is 37.7 Å². The average Bonchev–Trinajstić information content (AvgIpc) is 3.43. The summed E-state index contributed by atoms with van der Waals surface area (Å²) in [6, 6.07) is 4.73. The van der Waals surface area contributed by atoms with E-state index in [9.17, 15) is 18.0 Å². The van der Waals surface area contributed by atoms with Crippen LogP contribution in [0.25, 0.3) is 0 Å². The van der Waals surface area contributed by atoms with E-state index < -0.39 is 10.0 Å². The van der Waals surface area contributed by atoms with Gasteiger partial charge in [-0.2, -0.15) is 0 Å². The molecule has 2 aliphatic carbocycles. The Kier molecular flexibility index (Phi) is 5.18. The molecular weight excluding hydrogens is 378 g/mol. The first kappa shape index (κ1) is 19.4. The molecule has 2 saturated carbocycles. The van der Waals surface area contributed by atoms with E-state index in [2.05, 4.69) is 4.72 Å². The SMILES string of the molecule is Cc1ccc(S(=O)(=O)NC2CC2)cc1C(=O)N1CCN(C(=O)C2CCC2)CC1. The summed E-state index contributed by atoms with van der Waals surface area (Å²) in [4.78, 5) is 29.1. The maximum atomic E-state index is 13.0. The zero-order chi connectivity index (χ0) is 19.9. The highest BCUT2D eigenvalue weighted by Crippen LogP contribution is 2.29. The maximum absolute atomic E-state index is 13.0. The standard InChI is InChI=1S/C20H27N3O4S/c1-14-5-8-17(28(26,27)21-16-6-7-16)13-18(14)20(25)23-11-9-22(10-12-23)19(24)15-3-2-4-15/h5,8,13,15-16,21H,2-4,6-7,9-12H2,1H3. The summed E-state index contributed by atoms with van der Waals surface area (Å²) in [5.74, 6) is 0.218. The summed E-state index contributed by atoms with van der Waals surface area (Å²) < 4.78 is 27.6. The number of hydrogen-bond acceptors (Lipinski definition) is 4. The number of carbonyl (C=O) groups excluding carboxylic acids is 2. The maximum Gasteiger partial charge on any atom is 0.254 e. The number of carbonyl (C=O) groups is 2. The molecule has 2 amide bonds. The molecule has 0 aromatic heterocycles. The van der Waals surface area contributed by atoms with Crippen LogP contribution in [0, 0.1) is 12.8 Å². The molecule has 8 heteroatoms. The minimum absolute atomic E-state index is 0.0201. The van der Waals surface area contributed by atoms with Crippen LogP contribution in [0.4, 0.5) is 0 Å². The topological polar surface area (TPSA) is 86.8 Å². The number of aryl methyl sites for hydroxylation is 1. The number of sulfonamides is 1. The van der Waals surface area contributed by atoms with Gasteiger partial charge < -0.3 is 9.80 Å². The number of nitrogens with one attached hydrogen (secondary N) is 1. The molecule has 1 N–H and O–H groups in total. The Hall–Kier alpha value is -1.93. The van der Waals surface area contributed by atoms with Crippen molar-refractivity contribution >= 4 is 21.8 Å². The summed E-state index contributed by atoms with van der Waals surface area (Å²) >= 11 is 0. The first-order chi connectivity index (χ1) is 13.3. The monoisotopic (exact) mass is 405 g/mol. The molecule has 28 heavy (non-hydrogen) atoms. The van der Waals surface area contributed by atoms with Gasteiger partial charge in [0.25, 0.3) is 5.91 Å². The van der Waals surface area contributed by atoms with Gasteiger partial charge in [-0.1, -0.05) is 12.5 Å². The van der Waals surface area contributed by atoms with Gasteiger partial charge in [0.15, 0.2) is 0 Å². The smallest absolute Gasteiger partial charge is 0.254 e. The number of hydrogen-bond donors (Lipinski definition) is 1. The van der Waals surface area contributed by atoms with E-state index in [1.54, 1.807) is 17.0 Å². The molecule has 0 bridgehead atoms. The van der Waals surface area contributed by atoms with Gasteiger partial charge >= 0.3 is 0 Å². The summed E-state index contributed by atoms with van der Waals surface area (Å²) in [5, 5.41) is 0. The van der Waals surface area contributed by atoms with Crippen molar-refractivity contribution in [2.24, 2.45) is 5.92 Å². The van der Waals surface area contributed by atoms with Crippen LogP contribution in [0.5, 0.6) is 0 Å². The van der Waals surface area contributed by atoms with Gasteiger partial charge in [0.1, 0.15) is 0 Å². The fourth-order valence-electron chi connectivity index (χ4n) is 3.70. The molecule has 3 fully saturated rings. The molecule has 3 aliphatic rings. The lowest BCUT2D eigenvalue weighted by atomic mass is 9.84. The zero-order valence-electron chi connectivity index (χ0n) is 16.2. The van der Waals surface area contributed by atoms with Gasteiger partial charge in [0, 0.05) is 43.7 Å². The van der Waals surface area contributed by atoms with E-state index in [0.29, 0.717) is 31.7 Å². The van der Waals surface area contributed by atoms with E-state index in [-0.39, 0.29) is 28.7 Å². The summed E-state index contributed by atoms with van der Waals surface area (Å²) in [6.45, 7) is 3.86. The predicted molar refractivity (Wildman–Crippen MR) is 104 cm³/mol. The predicted octanol–water partition coefficient (Wildman–Crippen LogP) is 1.52. The third-order valence-electron chi connectivity index (χ3n) is 5.98.